The molecule has 1 heterocycles. The first-order valence-corrected chi connectivity index (χ1v) is 7.43. The Morgan fingerprint density at radius 2 is 2.14 bits per heavy atom. The first-order chi connectivity index (χ1) is 9.97. The molecule has 0 saturated heterocycles. The van der Waals surface area contributed by atoms with Gasteiger partial charge in [-0.25, -0.2) is 9.59 Å². The number of carbonyl (C=O) groups excluding carboxylic acids is 1. The van der Waals surface area contributed by atoms with Crippen molar-refractivity contribution >= 4 is 29.3 Å². The number of carbonyl (C=O) groups is 3. The highest BCUT2D eigenvalue weighted by molar-refractivity contribution is 7.10. The van der Waals surface area contributed by atoms with Crippen molar-refractivity contribution in [2.75, 3.05) is 0 Å². The molecule has 8 heteroatoms. The monoisotopic (exact) mass is 312 g/mol. The summed E-state index contributed by atoms with van der Waals surface area (Å²) in [7, 11) is 0. The van der Waals surface area contributed by atoms with E-state index in [0.29, 0.717) is 0 Å². The third-order valence-corrected chi connectivity index (χ3v) is 4.34. The minimum Gasteiger partial charge on any atom is -0.481 e. The second-order valence-electron chi connectivity index (χ2n) is 4.85. The molecule has 0 fully saturated rings. The Kier molecular flexibility index (Phi) is 4.79. The van der Waals surface area contributed by atoms with Gasteiger partial charge in [0.05, 0.1) is 12.5 Å². The van der Waals surface area contributed by atoms with Gasteiger partial charge in [0.25, 0.3) is 0 Å². The van der Waals surface area contributed by atoms with E-state index in [9.17, 15) is 14.4 Å². The van der Waals surface area contributed by atoms with Crippen LogP contribution in [0, 0.1) is 0 Å². The molecule has 7 nitrogen and oxygen atoms in total. The normalized spacial score (nSPS) is 18.4. The predicted octanol–water partition coefficient (Wildman–Crippen LogP) is 1.35. The van der Waals surface area contributed by atoms with Gasteiger partial charge in [-0.1, -0.05) is 0 Å². The number of aliphatic carboxylic acids is 2. The molecule has 1 unspecified atom stereocenters. The molecule has 1 aromatic heterocycles. The van der Waals surface area contributed by atoms with Gasteiger partial charge in [-0.15, -0.1) is 11.3 Å². The SMILES string of the molecule is O=C(O)C[C@H](NC(=O)NC1CCCc2sccc21)C(=O)O. The number of amides is 2. The molecule has 4 N–H and O–H groups in total. The summed E-state index contributed by atoms with van der Waals surface area (Å²) < 4.78 is 0. The molecular formula is C13H16N2O5S. The molecular weight excluding hydrogens is 296 g/mol. The van der Waals surface area contributed by atoms with Gasteiger partial charge in [0.2, 0.25) is 0 Å². The largest absolute Gasteiger partial charge is 0.481 e. The van der Waals surface area contributed by atoms with Crippen LogP contribution in [-0.4, -0.2) is 34.2 Å². The summed E-state index contributed by atoms with van der Waals surface area (Å²) >= 11 is 1.64. The summed E-state index contributed by atoms with van der Waals surface area (Å²) in [5.74, 6) is -2.65. The van der Waals surface area contributed by atoms with Crippen LogP contribution in [0.15, 0.2) is 11.4 Å². The van der Waals surface area contributed by atoms with Crippen LogP contribution in [-0.2, 0) is 16.0 Å². The molecule has 2 amide bonds. The fourth-order valence-electron chi connectivity index (χ4n) is 2.37. The molecule has 0 bridgehead atoms. The standard InChI is InChI=1S/C13H16N2O5S/c16-11(17)6-9(12(18)19)15-13(20)14-8-2-1-3-10-7(8)4-5-21-10/h4-5,8-9H,1-3,6H2,(H,16,17)(H,18,19)(H2,14,15,20)/t8?,9-/m0/s1. The lowest BCUT2D eigenvalue weighted by atomic mass is 9.94. The van der Waals surface area contributed by atoms with Crippen molar-refractivity contribution in [3.05, 3.63) is 21.9 Å². The van der Waals surface area contributed by atoms with Crippen molar-refractivity contribution < 1.29 is 24.6 Å². The molecule has 0 aliphatic heterocycles. The number of rotatable bonds is 5. The van der Waals surface area contributed by atoms with Crippen molar-refractivity contribution in [2.45, 2.75) is 37.8 Å². The quantitative estimate of drug-likeness (QED) is 0.655. The zero-order valence-corrected chi connectivity index (χ0v) is 12.0. The molecule has 2 atom stereocenters. The van der Waals surface area contributed by atoms with Crippen LogP contribution in [0.5, 0.6) is 0 Å². The topological polar surface area (TPSA) is 116 Å². The molecule has 1 aromatic rings. The summed E-state index contributed by atoms with van der Waals surface area (Å²) in [6.45, 7) is 0. The third-order valence-electron chi connectivity index (χ3n) is 3.34. The maximum Gasteiger partial charge on any atom is 0.326 e. The van der Waals surface area contributed by atoms with Crippen molar-refractivity contribution in [1.29, 1.82) is 0 Å². The minimum absolute atomic E-state index is 0.153. The van der Waals surface area contributed by atoms with Gasteiger partial charge in [0.15, 0.2) is 0 Å². The predicted molar refractivity (Wildman–Crippen MR) is 75.3 cm³/mol. The van der Waals surface area contributed by atoms with E-state index in [1.54, 1.807) is 11.3 Å². The zero-order valence-electron chi connectivity index (χ0n) is 11.2. The lowest BCUT2D eigenvalue weighted by molar-refractivity contribution is -0.145. The second-order valence-corrected chi connectivity index (χ2v) is 5.85. The second kappa shape index (κ2) is 6.57. The molecule has 0 aromatic carbocycles. The smallest absolute Gasteiger partial charge is 0.326 e. The summed E-state index contributed by atoms with van der Waals surface area (Å²) in [6.07, 6.45) is 2.07. The number of aryl methyl sites for hydroxylation is 1. The van der Waals surface area contributed by atoms with E-state index in [0.717, 1.165) is 24.8 Å². The van der Waals surface area contributed by atoms with Gasteiger partial charge in [0, 0.05) is 4.88 Å². The Hall–Kier alpha value is -2.09. The molecule has 114 valence electrons. The van der Waals surface area contributed by atoms with E-state index in [4.69, 9.17) is 10.2 Å². The summed E-state index contributed by atoms with van der Waals surface area (Å²) in [5.41, 5.74) is 1.06. The number of urea groups is 1. The number of fused-ring (bicyclic) bond motifs is 1. The number of carboxylic acid groups (broad SMARTS) is 2. The fourth-order valence-corrected chi connectivity index (χ4v) is 3.36. The van der Waals surface area contributed by atoms with Crippen molar-refractivity contribution in [3.8, 4) is 0 Å². The molecule has 21 heavy (non-hydrogen) atoms. The molecule has 2 rings (SSSR count). The summed E-state index contributed by atoms with van der Waals surface area (Å²) in [6, 6.07) is -0.296. The van der Waals surface area contributed by atoms with E-state index in [1.165, 1.54) is 4.88 Å². The van der Waals surface area contributed by atoms with Crippen LogP contribution in [0.2, 0.25) is 0 Å². The van der Waals surface area contributed by atoms with Gasteiger partial charge in [0.1, 0.15) is 6.04 Å². The Bertz CT molecular complexity index is 557. The van der Waals surface area contributed by atoms with Gasteiger partial charge >= 0.3 is 18.0 Å². The van der Waals surface area contributed by atoms with Crippen molar-refractivity contribution in [2.24, 2.45) is 0 Å². The van der Waals surface area contributed by atoms with E-state index in [-0.39, 0.29) is 6.04 Å². The maximum absolute atomic E-state index is 11.9. The number of nitrogens with one attached hydrogen (secondary N) is 2. The van der Waals surface area contributed by atoms with Gasteiger partial charge in [-0.05, 0) is 36.3 Å². The van der Waals surface area contributed by atoms with Gasteiger partial charge < -0.3 is 20.8 Å². The van der Waals surface area contributed by atoms with E-state index < -0.39 is 30.4 Å². The molecule has 0 radical (unpaired) electrons. The highest BCUT2D eigenvalue weighted by Gasteiger charge is 2.26. The molecule has 1 aliphatic carbocycles. The van der Waals surface area contributed by atoms with E-state index in [2.05, 4.69) is 10.6 Å². The maximum atomic E-state index is 11.9. The van der Waals surface area contributed by atoms with Gasteiger partial charge in [-0.2, -0.15) is 0 Å². The number of thiophene rings is 1. The Labute approximate surface area is 125 Å². The van der Waals surface area contributed by atoms with Gasteiger partial charge in [-0.3, -0.25) is 4.79 Å². The average molecular weight is 312 g/mol. The molecule has 0 saturated carbocycles. The first kappa shape index (κ1) is 15.3. The van der Waals surface area contributed by atoms with Crippen LogP contribution in [0.25, 0.3) is 0 Å². The average Bonchev–Trinajstić information content (AvgIpc) is 2.86. The van der Waals surface area contributed by atoms with Crippen molar-refractivity contribution in [1.82, 2.24) is 10.6 Å². The fraction of sp³-hybridized carbons (Fsp3) is 0.462. The number of hydrogen-bond acceptors (Lipinski definition) is 4. The van der Waals surface area contributed by atoms with Crippen LogP contribution in [0.3, 0.4) is 0 Å². The minimum atomic E-state index is -1.44. The van der Waals surface area contributed by atoms with Crippen LogP contribution in [0.4, 0.5) is 4.79 Å². The number of hydrogen-bond donors (Lipinski definition) is 4. The summed E-state index contributed by atoms with van der Waals surface area (Å²) in [5, 5.41) is 24.4. The van der Waals surface area contributed by atoms with Crippen LogP contribution >= 0.6 is 11.3 Å². The lowest BCUT2D eigenvalue weighted by Crippen LogP contribution is -2.48. The summed E-state index contributed by atoms with van der Waals surface area (Å²) in [4.78, 5) is 34.6. The Balaban J connectivity index is 1.96. The first-order valence-electron chi connectivity index (χ1n) is 6.55. The van der Waals surface area contributed by atoms with Crippen LogP contribution < -0.4 is 10.6 Å². The highest BCUT2D eigenvalue weighted by Crippen LogP contribution is 2.33. The Morgan fingerprint density at radius 1 is 1.38 bits per heavy atom. The highest BCUT2D eigenvalue weighted by atomic mass is 32.1. The zero-order chi connectivity index (χ0) is 15.4. The van der Waals surface area contributed by atoms with E-state index >= 15 is 0 Å². The lowest BCUT2D eigenvalue weighted by Gasteiger charge is -2.24. The van der Waals surface area contributed by atoms with E-state index in [1.807, 2.05) is 11.4 Å². The number of carboxylic acids is 2. The third kappa shape index (κ3) is 3.94. The Morgan fingerprint density at radius 3 is 2.81 bits per heavy atom. The van der Waals surface area contributed by atoms with Crippen molar-refractivity contribution in [3.63, 3.8) is 0 Å². The molecule has 0 spiro atoms. The van der Waals surface area contributed by atoms with Crippen LogP contribution in [0.1, 0.15) is 35.7 Å². The molecule has 1 aliphatic rings.